The molecule has 0 saturated heterocycles. The zero-order valence-electron chi connectivity index (χ0n) is 15.1. The second-order valence-electron chi connectivity index (χ2n) is 6.39. The average molecular weight is 409 g/mol. The Morgan fingerprint density at radius 2 is 1.86 bits per heavy atom. The number of carbonyl (C=O) groups is 2. The SMILES string of the molecule is NC(=O)C1CC(C(=O)Nc2csnc2-c2ccccc2)=NN1c1ccc(F)cc1. The van der Waals surface area contributed by atoms with Gasteiger partial charge in [-0.05, 0) is 35.8 Å². The lowest BCUT2D eigenvalue weighted by molar-refractivity contribution is -0.119. The molecule has 0 spiro atoms. The minimum absolute atomic E-state index is 0.0524. The van der Waals surface area contributed by atoms with Crippen LogP contribution < -0.4 is 16.1 Å². The number of nitrogens with zero attached hydrogens (tertiary/aromatic N) is 3. The molecule has 3 N–H and O–H groups in total. The van der Waals surface area contributed by atoms with Gasteiger partial charge in [-0.3, -0.25) is 14.6 Å². The van der Waals surface area contributed by atoms with E-state index in [1.807, 2.05) is 30.3 Å². The molecule has 3 aromatic rings. The summed E-state index contributed by atoms with van der Waals surface area (Å²) in [4.78, 5) is 24.7. The van der Waals surface area contributed by atoms with Crippen LogP contribution in [0.25, 0.3) is 11.3 Å². The van der Waals surface area contributed by atoms with E-state index < -0.39 is 23.7 Å². The molecule has 1 atom stereocenters. The van der Waals surface area contributed by atoms with Crippen LogP contribution in [0.4, 0.5) is 15.8 Å². The van der Waals surface area contributed by atoms with Crippen LogP contribution in [0, 0.1) is 5.82 Å². The lowest BCUT2D eigenvalue weighted by Gasteiger charge is -2.20. The minimum atomic E-state index is -0.824. The Morgan fingerprint density at radius 3 is 2.55 bits per heavy atom. The number of anilines is 2. The average Bonchev–Trinajstić information content (AvgIpc) is 3.36. The lowest BCUT2D eigenvalue weighted by atomic mass is 10.1. The van der Waals surface area contributed by atoms with E-state index in [1.165, 1.54) is 40.8 Å². The van der Waals surface area contributed by atoms with Crippen molar-refractivity contribution in [1.82, 2.24) is 4.37 Å². The van der Waals surface area contributed by atoms with E-state index in [0.717, 1.165) is 5.56 Å². The van der Waals surface area contributed by atoms with Crippen LogP contribution in [0.1, 0.15) is 6.42 Å². The molecule has 146 valence electrons. The first-order valence-corrected chi connectivity index (χ1v) is 9.59. The van der Waals surface area contributed by atoms with Crippen LogP contribution in [0.2, 0.25) is 0 Å². The number of nitrogens with one attached hydrogen (secondary N) is 1. The summed E-state index contributed by atoms with van der Waals surface area (Å²) in [6.07, 6.45) is 0.0524. The standard InChI is InChI=1S/C20H16FN5O2S/c21-13-6-8-14(9-7-13)26-17(19(22)27)10-15(24-26)20(28)23-16-11-29-25-18(16)12-4-2-1-3-5-12/h1-9,11,17H,10H2,(H2,22,27)(H,23,28). The van der Waals surface area contributed by atoms with E-state index in [0.29, 0.717) is 17.1 Å². The number of aromatic nitrogens is 1. The van der Waals surface area contributed by atoms with E-state index in [4.69, 9.17) is 5.73 Å². The van der Waals surface area contributed by atoms with Crippen molar-refractivity contribution in [2.75, 3.05) is 10.3 Å². The third kappa shape index (κ3) is 3.85. The highest BCUT2D eigenvalue weighted by molar-refractivity contribution is 7.04. The molecule has 2 aromatic carbocycles. The van der Waals surface area contributed by atoms with Crippen molar-refractivity contribution in [1.29, 1.82) is 0 Å². The first-order chi connectivity index (χ1) is 14.0. The summed E-state index contributed by atoms with van der Waals surface area (Å²) in [6.45, 7) is 0. The van der Waals surface area contributed by atoms with E-state index in [9.17, 15) is 14.0 Å². The molecule has 2 heterocycles. The van der Waals surface area contributed by atoms with Crippen molar-refractivity contribution in [3.63, 3.8) is 0 Å². The predicted molar refractivity (Wildman–Crippen MR) is 110 cm³/mol. The van der Waals surface area contributed by atoms with Gasteiger partial charge in [-0.2, -0.15) is 9.47 Å². The largest absolute Gasteiger partial charge is 0.368 e. The summed E-state index contributed by atoms with van der Waals surface area (Å²) in [6, 6.07) is 14.1. The van der Waals surface area contributed by atoms with Crippen LogP contribution in [-0.4, -0.2) is 27.9 Å². The molecule has 2 amide bonds. The van der Waals surface area contributed by atoms with Crippen molar-refractivity contribution in [3.8, 4) is 11.3 Å². The molecule has 0 saturated carbocycles. The van der Waals surface area contributed by atoms with E-state index in [-0.39, 0.29) is 12.1 Å². The Morgan fingerprint density at radius 1 is 1.14 bits per heavy atom. The minimum Gasteiger partial charge on any atom is -0.368 e. The molecule has 1 aliphatic heterocycles. The van der Waals surface area contributed by atoms with E-state index in [1.54, 1.807) is 5.38 Å². The smallest absolute Gasteiger partial charge is 0.272 e. The highest BCUT2D eigenvalue weighted by Crippen LogP contribution is 2.29. The summed E-state index contributed by atoms with van der Waals surface area (Å²) in [7, 11) is 0. The monoisotopic (exact) mass is 409 g/mol. The molecule has 29 heavy (non-hydrogen) atoms. The molecular formula is C20H16FN5O2S. The van der Waals surface area contributed by atoms with Gasteiger partial charge in [-0.1, -0.05) is 30.3 Å². The van der Waals surface area contributed by atoms with Crippen LogP contribution in [-0.2, 0) is 9.59 Å². The molecular weight excluding hydrogens is 393 g/mol. The molecule has 7 nitrogen and oxygen atoms in total. The van der Waals surface area contributed by atoms with Crippen molar-refractivity contribution in [2.45, 2.75) is 12.5 Å². The van der Waals surface area contributed by atoms with Gasteiger partial charge in [0, 0.05) is 17.4 Å². The Kier molecular flexibility index (Phi) is 5.05. The van der Waals surface area contributed by atoms with Gasteiger partial charge in [0.2, 0.25) is 5.91 Å². The quantitative estimate of drug-likeness (QED) is 0.676. The van der Waals surface area contributed by atoms with Gasteiger partial charge in [-0.25, -0.2) is 4.39 Å². The van der Waals surface area contributed by atoms with Crippen LogP contribution >= 0.6 is 11.5 Å². The Hall–Kier alpha value is -3.59. The molecule has 0 aliphatic carbocycles. The fraction of sp³-hybridized carbons (Fsp3) is 0.100. The number of carbonyl (C=O) groups excluding carboxylic acids is 2. The second-order valence-corrected chi connectivity index (χ2v) is 7.02. The number of amides is 2. The van der Waals surface area contributed by atoms with Crippen LogP contribution in [0.3, 0.4) is 0 Å². The van der Waals surface area contributed by atoms with Crippen molar-refractivity contribution < 1.29 is 14.0 Å². The number of hydrogen-bond acceptors (Lipinski definition) is 6. The molecule has 9 heteroatoms. The number of halogens is 1. The molecule has 1 aromatic heterocycles. The van der Waals surface area contributed by atoms with Gasteiger partial charge in [-0.15, -0.1) is 0 Å². The second kappa shape index (κ2) is 7.80. The van der Waals surface area contributed by atoms with Crippen molar-refractivity contribution in [3.05, 3.63) is 65.8 Å². The zero-order valence-corrected chi connectivity index (χ0v) is 15.9. The summed E-state index contributed by atoms with van der Waals surface area (Å²) < 4.78 is 17.6. The fourth-order valence-electron chi connectivity index (χ4n) is 3.03. The molecule has 4 rings (SSSR count). The summed E-state index contributed by atoms with van der Waals surface area (Å²) in [5.41, 5.74) is 8.21. The summed E-state index contributed by atoms with van der Waals surface area (Å²) in [5, 5.41) is 10.2. The van der Waals surface area contributed by atoms with Gasteiger partial charge < -0.3 is 11.1 Å². The highest BCUT2D eigenvalue weighted by atomic mass is 32.1. The van der Waals surface area contributed by atoms with Gasteiger partial charge in [0.15, 0.2) is 0 Å². The first kappa shape index (κ1) is 18.8. The number of benzene rings is 2. The highest BCUT2D eigenvalue weighted by Gasteiger charge is 2.35. The summed E-state index contributed by atoms with van der Waals surface area (Å²) in [5.74, 6) is -1.48. The van der Waals surface area contributed by atoms with Crippen LogP contribution in [0.15, 0.2) is 65.1 Å². The van der Waals surface area contributed by atoms with Crippen LogP contribution in [0.5, 0.6) is 0 Å². The van der Waals surface area contributed by atoms with Gasteiger partial charge in [0.05, 0.1) is 11.4 Å². The number of nitrogens with two attached hydrogens (primary N) is 1. The van der Waals surface area contributed by atoms with E-state index in [2.05, 4.69) is 14.8 Å². The normalized spacial score (nSPS) is 15.8. The number of primary amides is 1. The van der Waals surface area contributed by atoms with Gasteiger partial charge in [0.25, 0.3) is 5.91 Å². The maximum Gasteiger partial charge on any atom is 0.272 e. The van der Waals surface area contributed by atoms with Gasteiger partial charge >= 0.3 is 0 Å². The Labute approximate surface area is 169 Å². The van der Waals surface area contributed by atoms with Crippen molar-refractivity contribution in [2.24, 2.45) is 10.8 Å². The number of hydrogen-bond donors (Lipinski definition) is 2. The molecule has 1 aliphatic rings. The first-order valence-electron chi connectivity index (χ1n) is 8.75. The fourth-order valence-corrected chi connectivity index (χ4v) is 3.66. The molecule has 0 fully saturated rings. The topological polar surface area (TPSA) is 101 Å². The number of hydrazone groups is 1. The third-order valence-electron chi connectivity index (χ3n) is 4.46. The maximum atomic E-state index is 13.2. The molecule has 0 radical (unpaired) electrons. The zero-order chi connectivity index (χ0) is 20.4. The third-order valence-corrected chi connectivity index (χ3v) is 5.09. The summed E-state index contributed by atoms with van der Waals surface area (Å²) >= 11 is 1.23. The molecule has 1 unspecified atom stereocenters. The predicted octanol–water partition coefficient (Wildman–Crippen LogP) is 3.01. The molecule has 0 bridgehead atoms. The maximum absolute atomic E-state index is 13.2. The number of rotatable bonds is 5. The lowest BCUT2D eigenvalue weighted by Crippen LogP contribution is -2.39. The Balaban J connectivity index is 1.58. The van der Waals surface area contributed by atoms with Gasteiger partial charge in [0.1, 0.15) is 23.3 Å². The Bertz CT molecular complexity index is 1080. The van der Waals surface area contributed by atoms with E-state index >= 15 is 0 Å². The van der Waals surface area contributed by atoms with Crippen molar-refractivity contribution >= 4 is 40.4 Å².